The third-order valence-electron chi connectivity index (χ3n) is 4.87. The number of nitrogens with zero attached hydrogens (tertiary/aromatic N) is 1. The van der Waals surface area contributed by atoms with Crippen LogP contribution in [0.5, 0.6) is 0 Å². The van der Waals surface area contributed by atoms with Crippen LogP contribution in [0.25, 0.3) is 0 Å². The molecule has 2 aromatic rings. The molecule has 0 saturated heterocycles. The van der Waals surface area contributed by atoms with Crippen molar-refractivity contribution in [1.29, 1.82) is 0 Å². The molecule has 0 unspecified atom stereocenters. The van der Waals surface area contributed by atoms with Crippen LogP contribution in [0.3, 0.4) is 0 Å². The maximum absolute atomic E-state index is 5.69. The van der Waals surface area contributed by atoms with E-state index in [2.05, 4.69) is 35.2 Å². The van der Waals surface area contributed by atoms with E-state index >= 15 is 0 Å². The van der Waals surface area contributed by atoms with E-state index < -0.39 is 0 Å². The van der Waals surface area contributed by atoms with E-state index in [0.717, 1.165) is 24.8 Å². The Balaban J connectivity index is 1.65. The minimum absolute atomic E-state index is 0.610. The van der Waals surface area contributed by atoms with Crippen LogP contribution < -0.4 is 5.73 Å². The molecule has 1 fully saturated rings. The summed E-state index contributed by atoms with van der Waals surface area (Å²) in [6.07, 6.45) is 8.72. The summed E-state index contributed by atoms with van der Waals surface area (Å²) in [5.41, 5.74) is 8.24. The molecule has 0 spiro atoms. The van der Waals surface area contributed by atoms with Gasteiger partial charge in [0.25, 0.3) is 0 Å². The van der Waals surface area contributed by atoms with Gasteiger partial charge in [0.1, 0.15) is 5.76 Å². The number of furan rings is 1. The summed E-state index contributed by atoms with van der Waals surface area (Å²) in [5.74, 6) is 1.89. The fourth-order valence-corrected chi connectivity index (χ4v) is 3.58. The molecule has 3 nitrogen and oxygen atoms in total. The Kier molecular flexibility index (Phi) is 5.89. The van der Waals surface area contributed by atoms with Gasteiger partial charge in [-0.15, -0.1) is 0 Å². The largest absolute Gasteiger partial charge is 0.468 e. The molecule has 0 amide bonds. The van der Waals surface area contributed by atoms with Crippen LogP contribution in [0.2, 0.25) is 0 Å². The zero-order valence-electron chi connectivity index (χ0n) is 13.9. The van der Waals surface area contributed by atoms with Crippen LogP contribution in [-0.4, -0.2) is 11.4 Å². The van der Waals surface area contributed by atoms with E-state index in [9.17, 15) is 0 Å². The predicted molar refractivity (Wildman–Crippen MR) is 93.7 cm³/mol. The van der Waals surface area contributed by atoms with Crippen LogP contribution in [0.4, 0.5) is 0 Å². The molecule has 1 aliphatic rings. The molecule has 0 bridgehead atoms. The lowest BCUT2D eigenvalue weighted by molar-refractivity contribution is 0.175. The molecule has 1 aromatic heterocycles. The van der Waals surface area contributed by atoms with Gasteiger partial charge in [-0.3, -0.25) is 4.90 Å². The highest BCUT2D eigenvalue weighted by molar-refractivity contribution is 5.22. The average Bonchev–Trinajstić information content (AvgIpc) is 3.09. The van der Waals surface area contributed by atoms with Crippen molar-refractivity contribution in [1.82, 2.24) is 4.90 Å². The fourth-order valence-electron chi connectivity index (χ4n) is 3.58. The summed E-state index contributed by atoms with van der Waals surface area (Å²) >= 11 is 0. The van der Waals surface area contributed by atoms with Gasteiger partial charge < -0.3 is 10.2 Å². The molecule has 3 rings (SSSR count). The summed E-state index contributed by atoms with van der Waals surface area (Å²) in [5, 5.41) is 0. The van der Waals surface area contributed by atoms with E-state index in [1.165, 1.54) is 49.8 Å². The van der Waals surface area contributed by atoms with E-state index in [-0.39, 0.29) is 0 Å². The third-order valence-corrected chi connectivity index (χ3v) is 4.87. The quantitative estimate of drug-likeness (QED) is 0.828. The first kappa shape index (κ1) is 16.3. The normalized spacial score (nSPS) is 16.1. The molecule has 1 aromatic carbocycles. The summed E-state index contributed by atoms with van der Waals surface area (Å²) in [6.45, 7) is 3.64. The average molecular weight is 312 g/mol. The molecule has 1 aliphatic carbocycles. The molecule has 23 heavy (non-hydrogen) atoms. The fraction of sp³-hybridized carbons (Fsp3) is 0.500. The van der Waals surface area contributed by atoms with Crippen molar-refractivity contribution in [3.63, 3.8) is 0 Å². The zero-order valence-corrected chi connectivity index (χ0v) is 13.9. The highest BCUT2D eigenvalue weighted by Gasteiger charge is 2.18. The van der Waals surface area contributed by atoms with Gasteiger partial charge in [-0.05, 0) is 42.0 Å². The molecular formula is C20H28N2O. The van der Waals surface area contributed by atoms with E-state index in [1.54, 1.807) is 6.26 Å². The molecule has 2 N–H and O–H groups in total. The molecule has 1 heterocycles. The summed E-state index contributed by atoms with van der Waals surface area (Å²) in [7, 11) is 0. The summed E-state index contributed by atoms with van der Waals surface area (Å²) in [6, 6.07) is 12.7. The Morgan fingerprint density at radius 2 is 1.70 bits per heavy atom. The second-order valence-corrected chi connectivity index (χ2v) is 6.77. The van der Waals surface area contributed by atoms with Crippen LogP contribution in [-0.2, 0) is 19.6 Å². The molecular weight excluding hydrogens is 284 g/mol. The first-order valence-electron chi connectivity index (χ1n) is 8.86. The van der Waals surface area contributed by atoms with Crippen molar-refractivity contribution in [2.45, 2.75) is 51.7 Å². The number of hydrogen-bond acceptors (Lipinski definition) is 3. The van der Waals surface area contributed by atoms with Gasteiger partial charge in [0, 0.05) is 19.6 Å². The predicted octanol–water partition coefficient (Wildman–Crippen LogP) is 4.32. The van der Waals surface area contributed by atoms with Crippen molar-refractivity contribution >= 4 is 0 Å². The molecule has 0 radical (unpaired) electrons. The van der Waals surface area contributed by atoms with Gasteiger partial charge in [-0.2, -0.15) is 0 Å². The van der Waals surface area contributed by atoms with Crippen LogP contribution in [0, 0.1) is 5.92 Å². The van der Waals surface area contributed by atoms with Gasteiger partial charge in [0.05, 0.1) is 12.8 Å². The standard InChI is InChI=1S/C20H28N2O/c21-13-17-8-10-19(11-9-17)15-22(16-20-7-4-12-23-20)14-18-5-2-1-3-6-18/h4,7-12,18H,1-3,5-6,13-16,21H2. The third kappa shape index (κ3) is 4.95. The van der Waals surface area contributed by atoms with Crippen molar-refractivity contribution in [2.75, 3.05) is 6.54 Å². The monoisotopic (exact) mass is 312 g/mol. The van der Waals surface area contributed by atoms with E-state index in [4.69, 9.17) is 10.2 Å². The van der Waals surface area contributed by atoms with Crippen molar-refractivity contribution in [2.24, 2.45) is 11.7 Å². The number of hydrogen-bond donors (Lipinski definition) is 1. The SMILES string of the molecule is NCc1ccc(CN(Cc2ccco2)CC2CCCCC2)cc1. The van der Waals surface area contributed by atoms with Crippen LogP contribution in [0.1, 0.15) is 49.0 Å². The van der Waals surface area contributed by atoms with Gasteiger partial charge >= 0.3 is 0 Å². The highest BCUT2D eigenvalue weighted by atomic mass is 16.3. The van der Waals surface area contributed by atoms with E-state index in [1.807, 2.05) is 6.07 Å². The molecule has 0 atom stereocenters. The maximum Gasteiger partial charge on any atom is 0.117 e. The Bertz CT molecular complexity index is 556. The molecule has 124 valence electrons. The lowest BCUT2D eigenvalue weighted by Crippen LogP contribution is -2.29. The molecule has 3 heteroatoms. The Hall–Kier alpha value is -1.58. The highest BCUT2D eigenvalue weighted by Crippen LogP contribution is 2.25. The van der Waals surface area contributed by atoms with Gasteiger partial charge in [0.2, 0.25) is 0 Å². The second kappa shape index (κ2) is 8.32. The maximum atomic E-state index is 5.69. The van der Waals surface area contributed by atoms with Crippen LogP contribution in [0.15, 0.2) is 47.1 Å². The van der Waals surface area contributed by atoms with Gasteiger partial charge in [0.15, 0.2) is 0 Å². The van der Waals surface area contributed by atoms with E-state index in [0.29, 0.717) is 6.54 Å². The topological polar surface area (TPSA) is 42.4 Å². The molecule has 1 saturated carbocycles. The second-order valence-electron chi connectivity index (χ2n) is 6.77. The summed E-state index contributed by atoms with van der Waals surface area (Å²) < 4.78 is 5.57. The minimum Gasteiger partial charge on any atom is -0.468 e. The van der Waals surface area contributed by atoms with Crippen LogP contribution >= 0.6 is 0 Å². The van der Waals surface area contributed by atoms with Gasteiger partial charge in [-0.25, -0.2) is 0 Å². The first-order valence-corrected chi connectivity index (χ1v) is 8.86. The smallest absolute Gasteiger partial charge is 0.117 e. The van der Waals surface area contributed by atoms with Gasteiger partial charge in [-0.1, -0.05) is 43.5 Å². The Morgan fingerprint density at radius 3 is 2.35 bits per heavy atom. The van der Waals surface area contributed by atoms with Crippen molar-refractivity contribution in [3.05, 3.63) is 59.5 Å². The lowest BCUT2D eigenvalue weighted by Gasteiger charge is -2.29. The Morgan fingerprint density at radius 1 is 0.957 bits per heavy atom. The Labute approximate surface area is 139 Å². The zero-order chi connectivity index (χ0) is 15.9. The number of rotatable bonds is 7. The number of nitrogens with two attached hydrogens (primary N) is 1. The summed E-state index contributed by atoms with van der Waals surface area (Å²) in [4.78, 5) is 2.53. The molecule has 0 aliphatic heterocycles. The minimum atomic E-state index is 0.610. The lowest BCUT2D eigenvalue weighted by atomic mass is 9.89. The first-order chi connectivity index (χ1) is 11.3. The number of benzene rings is 1. The van der Waals surface area contributed by atoms with Crippen molar-refractivity contribution in [3.8, 4) is 0 Å². The van der Waals surface area contributed by atoms with Crippen molar-refractivity contribution < 1.29 is 4.42 Å².